The number of esters is 1. The first-order valence-corrected chi connectivity index (χ1v) is 6.98. The van der Waals surface area contributed by atoms with Crippen molar-refractivity contribution in [2.75, 3.05) is 14.2 Å². The van der Waals surface area contributed by atoms with Crippen molar-refractivity contribution in [3.8, 4) is 17.2 Å². The van der Waals surface area contributed by atoms with E-state index in [1.165, 1.54) is 44.6 Å². The maximum atomic E-state index is 11.8. The van der Waals surface area contributed by atoms with Crippen LogP contribution in [0.15, 0.2) is 48.5 Å². The molecule has 0 bridgehead atoms. The summed E-state index contributed by atoms with van der Waals surface area (Å²) in [5, 5.41) is 8.91. The molecule has 0 fully saturated rings. The van der Waals surface area contributed by atoms with Crippen molar-refractivity contribution in [1.82, 2.24) is 0 Å². The van der Waals surface area contributed by atoms with E-state index < -0.39 is 11.9 Å². The van der Waals surface area contributed by atoms with Crippen LogP contribution in [0.4, 0.5) is 0 Å². The third-order valence-corrected chi connectivity index (χ3v) is 3.12. The lowest BCUT2D eigenvalue weighted by molar-refractivity contribution is -0.128. The van der Waals surface area contributed by atoms with Gasteiger partial charge in [-0.2, -0.15) is 0 Å². The summed E-state index contributed by atoms with van der Waals surface area (Å²) in [6.07, 6.45) is 2.81. The summed E-state index contributed by atoms with van der Waals surface area (Å²) in [6, 6.07) is 10.9. The molecule has 0 saturated heterocycles. The van der Waals surface area contributed by atoms with Gasteiger partial charge in [-0.05, 0) is 42.0 Å². The van der Waals surface area contributed by atoms with Crippen molar-refractivity contribution >= 4 is 18.0 Å². The van der Waals surface area contributed by atoms with Crippen molar-refractivity contribution in [3.05, 3.63) is 59.7 Å². The second-order valence-electron chi connectivity index (χ2n) is 4.70. The van der Waals surface area contributed by atoms with Crippen LogP contribution in [-0.2, 0) is 4.79 Å². The minimum atomic E-state index is -1.09. The third-order valence-electron chi connectivity index (χ3n) is 3.12. The summed E-state index contributed by atoms with van der Waals surface area (Å²) in [4.78, 5) is 22.7. The van der Waals surface area contributed by atoms with Crippen LogP contribution in [0.3, 0.4) is 0 Å². The Hall–Kier alpha value is -3.28. The van der Waals surface area contributed by atoms with Gasteiger partial charge in [-0.1, -0.05) is 12.1 Å². The Morgan fingerprint density at radius 2 is 1.75 bits per heavy atom. The summed E-state index contributed by atoms with van der Waals surface area (Å²) in [5.74, 6) is -0.414. The molecule has 124 valence electrons. The Balaban J connectivity index is 2.08. The number of benzene rings is 2. The highest BCUT2D eigenvalue weighted by atomic mass is 16.5. The maximum absolute atomic E-state index is 11.8. The van der Waals surface area contributed by atoms with Gasteiger partial charge >= 0.3 is 11.9 Å². The largest absolute Gasteiger partial charge is 0.493 e. The Morgan fingerprint density at radius 3 is 2.42 bits per heavy atom. The first-order valence-electron chi connectivity index (χ1n) is 6.98. The fourth-order valence-corrected chi connectivity index (χ4v) is 1.96. The van der Waals surface area contributed by atoms with E-state index in [0.29, 0.717) is 11.5 Å². The van der Waals surface area contributed by atoms with Crippen LogP contribution < -0.4 is 14.2 Å². The standard InChI is InChI=1S/C18H16O6/c1-22-15-8-6-12(10-16(15)23-2)7-9-17(19)24-14-5-3-4-13(11-14)18(20)21/h3-11H,1-2H3,(H,20,21)/b9-7+. The normalized spacial score (nSPS) is 10.4. The summed E-state index contributed by atoms with van der Waals surface area (Å²) >= 11 is 0. The van der Waals surface area contributed by atoms with E-state index in [-0.39, 0.29) is 11.3 Å². The van der Waals surface area contributed by atoms with Crippen molar-refractivity contribution in [1.29, 1.82) is 0 Å². The number of carboxylic acid groups (broad SMARTS) is 1. The molecule has 6 nitrogen and oxygen atoms in total. The number of carbonyl (C=O) groups is 2. The lowest BCUT2D eigenvalue weighted by Gasteiger charge is -2.07. The number of ether oxygens (including phenoxy) is 3. The Kier molecular flexibility index (Phi) is 5.57. The fraction of sp³-hybridized carbons (Fsp3) is 0.111. The molecule has 2 rings (SSSR count). The predicted octanol–water partition coefficient (Wildman–Crippen LogP) is 3.02. The van der Waals surface area contributed by atoms with Gasteiger partial charge in [-0.25, -0.2) is 9.59 Å². The van der Waals surface area contributed by atoms with Gasteiger partial charge in [-0.3, -0.25) is 0 Å². The Bertz CT molecular complexity index is 779. The van der Waals surface area contributed by atoms with Gasteiger partial charge in [0.15, 0.2) is 11.5 Å². The van der Waals surface area contributed by atoms with Crippen LogP contribution in [0.5, 0.6) is 17.2 Å². The van der Waals surface area contributed by atoms with Gasteiger partial charge in [0, 0.05) is 6.08 Å². The molecule has 0 spiro atoms. The van der Waals surface area contributed by atoms with Crippen molar-refractivity contribution < 1.29 is 28.9 Å². The average molecular weight is 328 g/mol. The zero-order valence-corrected chi connectivity index (χ0v) is 13.2. The quantitative estimate of drug-likeness (QED) is 0.499. The first kappa shape index (κ1) is 17.1. The van der Waals surface area contributed by atoms with Crippen LogP contribution in [0.1, 0.15) is 15.9 Å². The minimum absolute atomic E-state index is 0.0455. The zero-order valence-electron chi connectivity index (χ0n) is 13.2. The topological polar surface area (TPSA) is 82.1 Å². The van der Waals surface area contributed by atoms with Gasteiger partial charge in [0.1, 0.15) is 5.75 Å². The van der Waals surface area contributed by atoms with E-state index in [4.69, 9.17) is 19.3 Å². The molecule has 0 heterocycles. The van der Waals surface area contributed by atoms with E-state index in [0.717, 1.165) is 5.56 Å². The lowest BCUT2D eigenvalue weighted by atomic mass is 10.2. The van der Waals surface area contributed by atoms with Crippen molar-refractivity contribution in [2.45, 2.75) is 0 Å². The number of aromatic carboxylic acids is 1. The molecule has 6 heteroatoms. The number of carbonyl (C=O) groups excluding carboxylic acids is 1. The second kappa shape index (κ2) is 7.82. The molecule has 2 aromatic rings. The monoisotopic (exact) mass is 328 g/mol. The van der Waals surface area contributed by atoms with Gasteiger partial charge in [-0.15, -0.1) is 0 Å². The van der Waals surface area contributed by atoms with E-state index >= 15 is 0 Å². The summed E-state index contributed by atoms with van der Waals surface area (Å²) < 4.78 is 15.4. The molecular weight excluding hydrogens is 312 g/mol. The molecule has 0 atom stereocenters. The molecular formula is C18H16O6. The third kappa shape index (κ3) is 4.36. The Morgan fingerprint density at radius 1 is 1.00 bits per heavy atom. The molecule has 0 unspecified atom stereocenters. The number of hydrogen-bond acceptors (Lipinski definition) is 5. The highest BCUT2D eigenvalue weighted by Gasteiger charge is 2.07. The van der Waals surface area contributed by atoms with Crippen molar-refractivity contribution in [3.63, 3.8) is 0 Å². The number of methoxy groups -OCH3 is 2. The van der Waals surface area contributed by atoms with Crippen LogP contribution in [-0.4, -0.2) is 31.3 Å². The van der Waals surface area contributed by atoms with E-state index in [1.807, 2.05) is 0 Å². The van der Waals surface area contributed by atoms with E-state index in [1.54, 1.807) is 24.3 Å². The summed E-state index contributed by atoms with van der Waals surface area (Å²) in [7, 11) is 3.06. The van der Waals surface area contributed by atoms with E-state index in [9.17, 15) is 9.59 Å². The van der Waals surface area contributed by atoms with Gasteiger partial charge in [0.2, 0.25) is 0 Å². The molecule has 0 aliphatic rings. The van der Waals surface area contributed by atoms with Gasteiger partial charge < -0.3 is 19.3 Å². The molecule has 0 radical (unpaired) electrons. The average Bonchev–Trinajstić information content (AvgIpc) is 2.59. The SMILES string of the molecule is COc1ccc(/C=C/C(=O)Oc2cccc(C(=O)O)c2)cc1OC. The summed E-state index contributed by atoms with van der Waals surface area (Å²) in [5.41, 5.74) is 0.771. The molecule has 2 aromatic carbocycles. The number of carboxylic acids is 1. The lowest BCUT2D eigenvalue weighted by Crippen LogP contribution is -2.05. The summed E-state index contributed by atoms with van der Waals surface area (Å²) in [6.45, 7) is 0. The highest BCUT2D eigenvalue weighted by molar-refractivity contribution is 5.90. The smallest absolute Gasteiger partial charge is 0.336 e. The minimum Gasteiger partial charge on any atom is -0.493 e. The van der Waals surface area contributed by atoms with Crippen LogP contribution >= 0.6 is 0 Å². The number of rotatable bonds is 6. The molecule has 0 aliphatic heterocycles. The zero-order chi connectivity index (χ0) is 17.5. The number of hydrogen-bond donors (Lipinski definition) is 1. The first-order chi connectivity index (χ1) is 11.5. The molecule has 0 aromatic heterocycles. The molecule has 0 aliphatic carbocycles. The maximum Gasteiger partial charge on any atom is 0.336 e. The molecule has 24 heavy (non-hydrogen) atoms. The predicted molar refractivity (Wildman–Crippen MR) is 87.6 cm³/mol. The fourth-order valence-electron chi connectivity index (χ4n) is 1.96. The Labute approximate surface area is 138 Å². The second-order valence-corrected chi connectivity index (χ2v) is 4.70. The van der Waals surface area contributed by atoms with Crippen molar-refractivity contribution in [2.24, 2.45) is 0 Å². The van der Waals surface area contributed by atoms with Crippen LogP contribution in [0.2, 0.25) is 0 Å². The molecule has 1 N–H and O–H groups in total. The molecule has 0 amide bonds. The van der Waals surface area contributed by atoms with Crippen LogP contribution in [0.25, 0.3) is 6.08 Å². The van der Waals surface area contributed by atoms with Gasteiger partial charge in [0.05, 0.1) is 19.8 Å². The highest BCUT2D eigenvalue weighted by Crippen LogP contribution is 2.28. The van der Waals surface area contributed by atoms with Gasteiger partial charge in [0.25, 0.3) is 0 Å². The van der Waals surface area contributed by atoms with E-state index in [2.05, 4.69) is 0 Å². The molecule has 0 saturated carbocycles. The van der Waals surface area contributed by atoms with Crippen LogP contribution in [0, 0.1) is 0 Å².